The highest BCUT2D eigenvalue weighted by Crippen LogP contribution is 2.22. The second kappa shape index (κ2) is 7.95. The monoisotopic (exact) mass is 326 g/mol. The Balaban J connectivity index is 1.57. The lowest BCUT2D eigenvalue weighted by atomic mass is 10.1. The van der Waals surface area contributed by atoms with E-state index in [1.54, 1.807) is 0 Å². The van der Waals surface area contributed by atoms with Gasteiger partial charge in [-0.25, -0.2) is 4.39 Å². The molecular formula is C20H23FN2O. The highest BCUT2D eigenvalue weighted by atomic mass is 19.1. The Kier molecular flexibility index (Phi) is 5.47. The van der Waals surface area contributed by atoms with Gasteiger partial charge in [-0.2, -0.15) is 0 Å². The molecule has 3 rings (SSSR count). The number of halogens is 1. The Labute approximate surface area is 142 Å². The lowest BCUT2D eigenvalue weighted by Crippen LogP contribution is -2.18. The van der Waals surface area contributed by atoms with Crippen molar-refractivity contribution >= 4 is 17.3 Å². The molecule has 0 aromatic heterocycles. The van der Waals surface area contributed by atoms with Crippen LogP contribution in [0.3, 0.4) is 0 Å². The van der Waals surface area contributed by atoms with Crippen molar-refractivity contribution in [3.63, 3.8) is 0 Å². The highest BCUT2D eigenvalue weighted by Gasteiger charge is 2.12. The molecule has 0 aliphatic heterocycles. The Hall–Kier alpha value is -2.36. The Morgan fingerprint density at radius 1 is 0.833 bits per heavy atom. The molecule has 1 saturated carbocycles. The number of hydrogen-bond donors (Lipinski definition) is 2. The summed E-state index contributed by atoms with van der Waals surface area (Å²) < 4.78 is 12.9. The van der Waals surface area contributed by atoms with Crippen LogP contribution in [0.5, 0.6) is 0 Å². The number of nitrogens with one attached hydrogen (secondary N) is 2. The van der Waals surface area contributed by atoms with Gasteiger partial charge in [0.1, 0.15) is 5.82 Å². The second-order valence-electron chi connectivity index (χ2n) is 6.37. The third kappa shape index (κ3) is 4.57. The Bertz CT molecular complexity index is 659. The number of benzene rings is 2. The maximum atomic E-state index is 12.9. The fourth-order valence-electron chi connectivity index (χ4n) is 3.11. The van der Waals surface area contributed by atoms with Crippen molar-refractivity contribution in [1.82, 2.24) is 0 Å². The fraction of sp³-hybridized carbons (Fsp3) is 0.350. The number of anilines is 2. The summed E-state index contributed by atoms with van der Waals surface area (Å²) in [4.78, 5) is 12.1. The van der Waals surface area contributed by atoms with Crippen molar-refractivity contribution < 1.29 is 9.18 Å². The summed E-state index contributed by atoms with van der Waals surface area (Å²) in [5, 5.41) is 6.41. The molecule has 0 radical (unpaired) electrons. The lowest BCUT2D eigenvalue weighted by molar-refractivity contribution is 0.102. The van der Waals surface area contributed by atoms with Crippen LogP contribution in [0.25, 0.3) is 0 Å². The van der Waals surface area contributed by atoms with Crippen LogP contribution < -0.4 is 10.6 Å². The molecular weight excluding hydrogens is 303 g/mol. The van der Waals surface area contributed by atoms with Gasteiger partial charge in [-0.3, -0.25) is 4.79 Å². The van der Waals surface area contributed by atoms with Crippen LogP contribution in [0.1, 0.15) is 48.9 Å². The first-order chi connectivity index (χ1) is 11.7. The maximum absolute atomic E-state index is 12.9. The Morgan fingerprint density at radius 2 is 1.42 bits per heavy atom. The maximum Gasteiger partial charge on any atom is 0.255 e. The van der Waals surface area contributed by atoms with E-state index in [0.717, 1.165) is 11.4 Å². The number of rotatable bonds is 4. The molecule has 2 N–H and O–H groups in total. The minimum Gasteiger partial charge on any atom is -0.382 e. The van der Waals surface area contributed by atoms with Crippen molar-refractivity contribution in [3.05, 3.63) is 59.9 Å². The molecule has 0 atom stereocenters. The summed E-state index contributed by atoms with van der Waals surface area (Å²) >= 11 is 0. The number of hydrogen-bond acceptors (Lipinski definition) is 2. The van der Waals surface area contributed by atoms with E-state index in [9.17, 15) is 9.18 Å². The molecule has 0 heterocycles. The van der Waals surface area contributed by atoms with Gasteiger partial charge in [-0.1, -0.05) is 25.7 Å². The van der Waals surface area contributed by atoms with E-state index in [2.05, 4.69) is 10.6 Å². The molecule has 0 spiro atoms. The van der Waals surface area contributed by atoms with Crippen LogP contribution in [-0.2, 0) is 0 Å². The molecule has 1 aliphatic rings. The van der Waals surface area contributed by atoms with Crippen molar-refractivity contribution in [2.75, 3.05) is 10.6 Å². The van der Waals surface area contributed by atoms with Gasteiger partial charge in [0.25, 0.3) is 5.91 Å². The summed E-state index contributed by atoms with van der Waals surface area (Å²) in [6.45, 7) is 0. The molecule has 3 nitrogen and oxygen atoms in total. The van der Waals surface area contributed by atoms with Crippen molar-refractivity contribution in [3.8, 4) is 0 Å². The van der Waals surface area contributed by atoms with Gasteiger partial charge in [0.2, 0.25) is 0 Å². The van der Waals surface area contributed by atoms with Crippen molar-refractivity contribution in [2.24, 2.45) is 0 Å². The van der Waals surface area contributed by atoms with E-state index in [4.69, 9.17) is 0 Å². The molecule has 2 aromatic carbocycles. The molecule has 24 heavy (non-hydrogen) atoms. The number of amides is 1. The van der Waals surface area contributed by atoms with E-state index in [1.165, 1.54) is 62.8 Å². The summed E-state index contributed by atoms with van der Waals surface area (Å²) in [6.07, 6.45) is 7.72. The third-order valence-electron chi connectivity index (χ3n) is 4.48. The fourth-order valence-corrected chi connectivity index (χ4v) is 3.11. The molecule has 126 valence electrons. The summed E-state index contributed by atoms with van der Waals surface area (Å²) in [5.41, 5.74) is 2.26. The summed E-state index contributed by atoms with van der Waals surface area (Å²) in [7, 11) is 0. The molecule has 4 heteroatoms. The van der Waals surface area contributed by atoms with E-state index < -0.39 is 0 Å². The zero-order valence-electron chi connectivity index (χ0n) is 13.7. The SMILES string of the molecule is O=C(Nc1ccc(NC2CCCCCC2)cc1)c1ccc(F)cc1. The average Bonchev–Trinajstić information content (AvgIpc) is 2.86. The summed E-state index contributed by atoms with van der Waals surface area (Å²) in [6, 6.07) is 13.8. The van der Waals surface area contributed by atoms with Crippen molar-refractivity contribution in [1.29, 1.82) is 0 Å². The van der Waals surface area contributed by atoms with Crippen LogP contribution in [0.15, 0.2) is 48.5 Å². The van der Waals surface area contributed by atoms with Crippen LogP contribution in [0.4, 0.5) is 15.8 Å². The molecule has 2 aromatic rings. The number of carbonyl (C=O) groups excluding carboxylic acids is 1. The van der Waals surface area contributed by atoms with Crippen molar-refractivity contribution in [2.45, 2.75) is 44.6 Å². The predicted octanol–water partition coefficient (Wildman–Crippen LogP) is 5.21. The van der Waals surface area contributed by atoms with Gasteiger partial charge in [0, 0.05) is 23.0 Å². The Morgan fingerprint density at radius 3 is 2.04 bits per heavy atom. The zero-order valence-corrected chi connectivity index (χ0v) is 13.7. The molecule has 1 amide bonds. The quantitative estimate of drug-likeness (QED) is 0.757. The predicted molar refractivity (Wildman–Crippen MR) is 95.9 cm³/mol. The van der Waals surface area contributed by atoms with E-state index >= 15 is 0 Å². The van der Waals surface area contributed by atoms with Crippen LogP contribution in [0.2, 0.25) is 0 Å². The van der Waals surface area contributed by atoms with E-state index in [-0.39, 0.29) is 11.7 Å². The molecule has 0 saturated heterocycles. The van der Waals surface area contributed by atoms with E-state index in [1.807, 2.05) is 24.3 Å². The van der Waals surface area contributed by atoms with Gasteiger partial charge in [-0.05, 0) is 61.4 Å². The summed E-state index contributed by atoms with van der Waals surface area (Å²) in [5.74, 6) is -0.583. The highest BCUT2D eigenvalue weighted by molar-refractivity contribution is 6.04. The van der Waals surface area contributed by atoms with Gasteiger partial charge in [0.15, 0.2) is 0 Å². The van der Waals surface area contributed by atoms with Crippen LogP contribution in [-0.4, -0.2) is 11.9 Å². The first-order valence-electron chi connectivity index (χ1n) is 8.64. The van der Waals surface area contributed by atoms with Gasteiger partial charge in [0.05, 0.1) is 0 Å². The minimum absolute atomic E-state index is 0.237. The number of carbonyl (C=O) groups is 1. The lowest BCUT2D eigenvalue weighted by Gasteiger charge is -2.18. The molecule has 0 unspecified atom stereocenters. The zero-order chi connectivity index (χ0) is 16.8. The topological polar surface area (TPSA) is 41.1 Å². The third-order valence-corrected chi connectivity index (χ3v) is 4.48. The average molecular weight is 326 g/mol. The van der Waals surface area contributed by atoms with E-state index in [0.29, 0.717) is 11.6 Å². The van der Waals surface area contributed by atoms with Gasteiger partial charge >= 0.3 is 0 Å². The molecule has 1 fully saturated rings. The smallest absolute Gasteiger partial charge is 0.255 e. The first-order valence-corrected chi connectivity index (χ1v) is 8.64. The molecule has 0 bridgehead atoms. The normalized spacial score (nSPS) is 15.5. The van der Waals surface area contributed by atoms with Crippen LogP contribution >= 0.6 is 0 Å². The first kappa shape index (κ1) is 16.5. The standard InChI is InChI=1S/C20H23FN2O/c21-16-9-7-15(8-10-16)20(24)23-19-13-11-18(12-14-19)22-17-5-3-1-2-4-6-17/h7-14,17,22H,1-6H2,(H,23,24). The largest absolute Gasteiger partial charge is 0.382 e. The van der Waals surface area contributed by atoms with Gasteiger partial charge < -0.3 is 10.6 Å². The second-order valence-corrected chi connectivity index (χ2v) is 6.37. The van der Waals surface area contributed by atoms with Gasteiger partial charge in [-0.15, -0.1) is 0 Å². The van der Waals surface area contributed by atoms with Crippen LogP contribution in [0, 0.1) is 5.82 Å². The molecule has 1 aliphatic carbocycles. The minimum atomic E-state index is -0.347.